The van der Waals surface area contributed by atoms with Gasteiger partial charge < -0.3 is 24.8 Å². The third kappa shape index (κ3) is 4.57. The number of nitrogens with zero attached hydrogens (tertiary/aromatic N) is 2. The molecule has 4 rings (SSSR count). The number of hydrogen-bond acceptors (Lipinski definition) is 6. The average molecular weight is 429 g/mol. The summed E-state index contributed by atoms with van der Waals surface area (Å²) < 4.78 is 47.3. The van der Waals surface area contributed by atoms with Crippen LogP contribution in [0.25, 0.3) is 22.2 Å². The van der Waals surface area contributed by atoms with Crippen LogP contribution in [0.4, 0.5) is 10.1 Å². The molecule has 1 saturated heterocycles. The van der Waals surface area contributed by atoms with Crippen molar-refractivity contribution in [1.29, 1.82) is 0 Å². The standard InChI is InChI=1S/C24H28FN3O3/c1-26-8-10-31-18-5-3-17(4-6-18)21-12-23(28-9-7-16(14-28)15-29)19-11-20(25)24(30-2)13-22(19)27-21/h3-6,11-13,16,26,29H,7-10,14-15H2,1-2H3/i2D3. The van der Waals surface area contributed by atoms with Crippen LogP contribution in [0, 0.1) is 11.7 Å². The predicted octanol–water partition coefficient (Wildman–Crippen LogP) is 3.47. The zero-order valence-corrected chi connectivity index (χ0v) is 17.4. The monoisotopic (exact) mass is 428 g/mol. The molecule has 0 saturated carbocycles. The van der Waals surface area contributed by atoms with Gasteiger partial charge in [-0.3, -0.25) is 0 Å². The summed E-state index contributed by atoms with van der Waals surface area (Å²) in [6.45, 7) is 2.73. The van der Waals surface area contributed by atoms with E-state index in [2.05, 4.69) is 10.2 Å². The van der Waals surface area contributed by atoms with E-state index in [1.807, 2.05) is 37.4 Å². The Morgan fingerprint density at radius 1 is 1.29 bits per heavy atom. The van der Waals surface area contributed by atoms with Crippen molar-refractivity contribution in [2.24, 2.45) is 5.92 Å². The number of hydrogen-bond donors (Lipinski definition) is 2. The van der Waals surface area contributed by atoms with E-state index in [1.54, 1.807) is 0 Å². The van der Waals surface area contributed by atoms with Crippen LogP contribution in [0.3, 0.4) is 0 Å². The van der Waals surface area contributed by atoms with E-state index in [9.17, 15) is 9.50 Å². The maximum Gasteiger partial charge on any atom is 0.165 e. The van der Waals surface area contributed by atoms with Crippen LogP contribution in [0.5, 0.6) is 11.5 Å². The smallest absolute Gasteiger partial charge is 0.165 e. The molecule has 0 radical (unpaired) electrons. The van der Waals surface area contributed by atoms with Gasteiger partial charge in [-0.25, -0.2) is 9.37 Å². The van der Waals surface area contributed by atoms with Gasteiger partial charge in [0.25, 0.3) is 0 Å². The molecule has 1 unspecified atom stereocenters. The lowest BCUT2D eigenvalue weighted by molar-refractivity contribution is 0.238. The largest absolute Gasteiger partial charge is 0.494 e. The van der Waals surface area contributed by atoms with Crippen molar-refractivity contribution < 1.29 is 23.1 Å². The van der Waals surface area contributed by atoms with Gasteiger partial charge in [-0.1, -0.05) is 0 Å². The normalized spacial score (nSPS) is 18.0. The lowest BCUT2D eigenvalue weighted by atomic mass is 10.1. The van der Waals surface area contributed by atoms with Crippen LogP contribution >= 0.6 is 0 Å². The van der Waals surface area contributed by atoms with Crippen molar-refractivity contribution in [2.45, 2.75) is 6.42 Å². The summed E-state index contributed by atoms with van der Waals surface area (Å²) >= 11 is 0. The van der Waals surface area contributed by atoms with Gasteiger partial charge in [0, 0.05) is 54.9 Å². The summed E-state index contributed by atoms with van der Waals surface area (Å²) in [6.07, 6.45) is 0.830. The van der Waals surface area contributed by atoms with Gasteiger partial charge in [0.1, 0.15) is 12.4 Å². The molecule has 1 aliphatic heterocycles. The van der Waals surface area contributed by atoms with E-state index in [4.69, 9.17) is 18.6 Å². The Balaban J connectivity index is 1.76. The molecule has 0 aliphatic carbocycles. The maximum atomic E-state index is 14.8. The maximum absolute atomic E-state index is 14.8. The van der Waals surface area contributed by atoms with E-state index in [-0.39, 0.29) is 18.3 Å². The quantitative estimate of drug-likeness (QED) is 0.536. The summed E-state index contributed by atoms with van der Waals surface area (Å²) in [5, 5.41) is 13.2. The molecule has 0 spiro atoms. The summed E-state index contributed by atoms with van der Waals surface area (Å²) in [6, 6.07) is 12.0. The van der Waals surface area contributed by atoms with E-state index in [0.717, 1.165) is 36.5 Å². The molecule has 2 N–H and O–H groups in total. The minimum Gasteiger partial charge on any atom is -0.494 e. The number of likely N-dealkylation sites (N-methyl/N-ethyl adjacent to an activating group) is 1. The van der Waals surface area contributed by atoms with Crippen molar-refractivity contribution in [3.63, 3.8) is 0 Å². The lowest BCUT2D eigenvalue weighted by Crippen LogP contribution is -2.21. The number of aliphatic hydroxyl groups is 1. The van der Waals surface area contributed by atoms with E-state index in [1.165, 1.54) is 12.1 Å². The van der Waals surface area contributed by atoms with E-state index >= 15 is 0 Å². The summed E-state index contributed by atoms with van der Waals surface area (Å²) in [5.74, 6) is -0.254. The molecule has 164 valence electrons. The van der Waals surface area contributed by atoms with Crippen LogP contribution in [-0.2, 0) is 0 Å². The number of pyridine rings is 1. The zero-order valence-electron chi connectivity index (χ0n) is 20.4. The second-order valence-electron chi connectivity index (χ2n) is 7.69. The van der Waals surface area contributed by atoms with Crippen LogP contribution < -0.4 is 19.7 Å². The summed E-state index contributed by atoms with van der Waals surface area (Å²) in [4.78, 5) is 6.80. The molecule has 1 atom stereocenters. The Labute approximate surface area is 185 Å². The Hall–Kier alpha value is -2.90. The molecule has 6 nitrogen and oxygen atoms in total. The number of halogens is 1. The second-order valence-corrected chi connectivity index (χ2v) is 7.69. The zero-order chi connectivity index (χ0) is 24.3. The van der Waals surface area contributed by atoms with Gasteiger partial charge in [0.2, 0.25) is 0 Å². The number of aromatic nitrogens is 1. The van der Waals surface area contributed by atoms with Crippen molar-refractivity contribution in [3.8, 4) is 22.8 Å². The topological polar surface area (TPSA) is 66.9 Å². The van der Waals surface area contributed by atoms with Crippen molar-refractivity contribution in [3.05, 3.63) is 48.3 Å². The number of nitrogens with one attached hydrogen (secondary N) is 1. The Bertz CT molecular complexity index is 1140. The molecule has 3 aromatic rings. The molecule has 7 heteroatoms. The third-order valence-electron chi connectivity index (χ3n) is 5.61. The second kappa shape index (κ2) is 9.49. The highest BCUT2D eigenvalue weighted by molar-refractivity contribution is 5.95. The Morgan fingerprint density at radius 2 is 2.13 bits per heavy atom. The fourth-order valence-electron chi connectivity index (χ4n) is 3.89. The van der Waals surface area contributed by atoms with Gasteiger partial charge in [-0.05, 0) is 49.9 Å². The number of ether oxygens (including phenoxy) is 2. The van der Waals surface area contributed by atoms with E-state index < -0.39 is 12.9 Å². The lowest BCUT2D eigenvalue weighted by Gasteiger charge is -2.22. The minimum atomic E-state index is -2.78. The first-order chi connectivity index (χ1) is 16.3. The summed E-state index contributed by atoms with van der Waals surface area (Å²) in [5.41, 5.74) is 2.70. The van der Waals surface area contributed by atoms with Crippen molar-refractivity contribution >= 4 is 16.6 Å². The SMILES string of the molecule is [2H]C([2H])([2H])Oc1cc2nc(-c3ccc(OCCNC)cc3)cc(N3CCC(CO)C3)c2cc1F. The molecule has 2 heterocycles. The van der Waals surface area contributed by atoms with Crippen LogP contribution in [-0.4, -0.2) is 57.0 Å². The first-order valence-electron chi connectivity index (χ1n) is 11.8. The Kier molecular flexibility index (Phi) is 5.43. The molecule has 1 aromatic heterocycles. The highest BCUT2D eigenvalue weighted by Crippen LogP contribution is 2.36. The van der Waals surface area contributed by atoms with Gasteiger partial charge in [0.05, 0.1) is 22.4 Å². The molecule has 0 amide bonds. The van der Waals surface area contributed by atoms with Gasteiger partial charge in [-0.2, -0.15) is 0 Å². The van der Waals surface area contributed by atoms with Crippen LogP contribution in [0.1, 0.15) is 10.5 Å². The van der Waals surface area contributed by atoms with Crippen molar-refractivity contribution in [1.82, 2.24) is 10.3 Å². The minimum absolute atomic E-state index is 0.0896. The van der Waals surface area contributed by atoms with Gasteiger partial charge >= 0.3 is 0 Å². The highest BCUT2D eigenvalue weighted by Gasteiger charge is 2.25. The molecule has 31 heavy (non-hydrogen) atoms. The predicted molar refractivity (Wildman–Crippen MR) is 121 cm³/mol. The molecule has 2 aromatic carbocycles. The fourth-order valence-corrected chi connectivity index (χ4v) is 3.89. The summed E-state index contributed by atoms with van der Waals surface area (Å²) in [7, 11) is -0.916. The number of aliphatic hydroxyl groups excluding tert-OH is 1. The first-order valence-corrected chi connectivity index (χ1v) is 10.3. The molecule has 1 fully saturated rings. The van der Waals surface area contributed by atoms with Gasteiger partial charge in [0.15, 0.2) is 11.6 Å². The number of rotatable bonds is 8. The van der Waals surface area contributed by atoms with Gasteiger partial charge in [-0.15, -0.1) is 0 Å². The number of methoxy groups -OCH3 is 1. The van der Waals surface area contributed by atoms with Crippen LogP contribution in [0.2, 0.25) is 0 Å². The van der Waals surface area contributed by atoms with E-state index in [0.29, 0.717) is 29.7 Å². The third-order valence-corrected chi connectivity index (χ3v) is 5.61. The van der Waals surface area contributed by atoms with Crippen molar-refractivity contribution in [2.75, 3.05) is 51.8 Å². The molecular weight excluding hydrogens is 397 g/mol. The Morgan fingerprint density at radius 3 is 2.84 bits per heavy atom. The molecule has 0 bridgehead atoms. The average Bonchev–Trinajstić information content (AvgIpc) is 3.28. The fraction of sp³-hybridized carbons (Fsp3) is 0.375. The first kappa shape index (κ1) is 17.7. The highest BCUT2D eigenvalue weighted by atomic mass is 19.1. The molecule has 1 aliphatic rings. The van der Waals surface area contributed by atoms with Crippen LogP contribution in [0.15, 0.2) is 42.5 Å². The molecular formula is C24H28FN3O3. The number of anilines is 1. The number of fused-ring (bicyclic) bond motifs is 1. The number of benzene rings is 2.